The standard InChI is InChI=1S/C15H18N2O4/c1-2-10(15(19)20)9-16-14(18)13-8-12(17-21-13)11-6-4-3-5-7-11/h3-7,10,13H,2,8-9H2,1H3,(H,16,18)(H,19,20). The zero-order chi connectivity index (χ0) is 15.2. The number of carboxylic acid groups (broad SMARTS) is 1. The normalized spacial score (nSPS) is 18.5. The van der Waals surface area contributed by atoms with Gasteiger partial charge in [0.2, 0.25) is 6.10 Å². The third-order valence-corrected chi connectivity index (χ3v) is 3.43. The van der Waals surface area contributed by atoms with Crippen molar-refractivity contribution >= 4 is 17.6 Å². The number of amides is 1. The molecule has 2 rings (SSSR count). The number of carboxylic acids is 1. The molecule has 1 aromatic carbocycles. The third-order valence-electron chi connectivity index (χ3n) is 3.43. The predicted octanol–water partition coefficient (Wildman–Crippen LogP) is 1.41. The van der Waals surface area contributed by atoms with Crippen LogP contribution in [0.25, 0.3) is 0 Å². The second-order valence-electron chi connectivity index (χ2n) is 4.89. The van der Waals surface area contributed by atoms with Crippen LogP contribution in [0.3, 0.4) is 0 Å². The van der Waals surface area contributed by atoms with Crippen LogP contribution in [0.15, 0.2) is 35.5 Å². The minimum atomic E-state index is -0.911. The maximum absolute atomic E-state index is 12.0. The molecule has 0 fully saturated rings. The lowest BCUT2D eigenvalue weighted by atomic mass is 10.0. The summed E-state index contributed by atoms with van der Waals surface area (Å²) in [6, 6.07) is 9.49. The van der Waals surface area contributed by atoms with Gasteiger partial charge < -0.3 is 15.3 Å². The average Bonchev–Trinajstić information content (AvgIpc) is 2.98. The molecule has 1 aliphatic rings. The number of hydrogen-bond acceptors (Lipinski definition) is 4. The lowest BCUT2D eigenvalue weighted by Crippen LogP contribution is -2.39. The van der Waals surface area contributed by atoms with Crippen LogP contribution in [0, 0.1) is 5.92 Å². The summed E-state index contributed by atoms with van der Waals surface area (Å²) >= 11 is 0. The highest BCUT2D eigenvalue weighted by Gasteiger charge is 2.29. The van der Waals surface area contributed by atoms with Crippen LogP contribution in [0.5, 0.6) is 0 Å². The van der Waals surface area contributed by atoms with Crippen LogP contribution in [0.4, 0.5) is 0 Å². The molecule has 21 heavy (non-hydrogen) atoms. The van der Waals surface area contributed by atoms with Gasteiger partial charge in [-0.2, -0.15) is 0 Å². The minimum absolute atomic E-state index is 0.102. The SMILES string of the molecule is CCC(CNC(=O)C1CC(c2ccccc2)=NO1)C(=O)O. The van der Waals surface area contributed by atoms with Crippen LogP contribution in [-0.2, 0) is 14.4 Å². The Kier molecular flexibility index (Phi) is 4.92. The number of rotatable bonds is 6. The van der Waals surface area contributed by atoms with E-state index in [1.807, 2.05) is 30.3 Å². The molecule has 2 unspecified atom stereocenters. The van der Waals surface area contributed by atoms with Crippen LogP contribution >= 0.6 is 0 Å². The number of aliphatic carboxylic acids is 1. The molecule has 6 heteroatoms. The Labute approximate surface area is 122 Å². The molecule has 0 aromatic heterocycles. The molecule has 2 N–H and O–H groups in total. The van der Waals surface area contributed by atoms with Crippen molar-refractivity contribution < 1.29 is 19.5 Å². The summed E-state index contributed by atoms with van der Waals surface area (Å²) in [5, 5.41) is 15.5. The molecular weight excluding hydrogens is 272 g/mol. The number of carbonyl (C=O) groups is 2. The summed E-state index contributed by atoms with van der Waals surface area (Å²) in [5.74, 6) is -1.82. The van der Waals surface area contributed by atoms with Crippen molar-refractivity contribution in [2.45, 2.75) is 25.9 Å². The van der Waals surface area contributed by atoms with E-state index in [1.165, 1.54) is 0 Å². The van der Waals surface area contributed by atoms with Crippen molar-refractivity contribution in [3.8, 4) is 0 Å². The van der Waals surface area contributed by atoms with Crippen molar-refractivity contribution in [3.63, 3.8) is 0 Å². The fourth-order valence-corrected chi connectivity index (χ4v) is 2.06. The third kappa shape index (κ3) is 3.81. The van der Waals surface area contributed by atoms with Crippen LogP contribution in [0.1, 0.15) is 25.3 Å². The molecular formula is C15H18N2O4. The van der Waals surface area contributed by atoms with Gasteiger partial charge in [-0.3, -0.25) is 9.59 Å². The Bertz CT molecular complexity index is 542. The summed E-state index contributed by atoms with van der Waals surface area (Å²) in [7, 11) is 0. The first-order chi connectivity index (χ1) is 10.1. The fourth-order valence-electron chi connectivity index (χ4n) is 2.06. The Hall–Kier alpha value is -2.37. The molecule has 1 heterocycles. The first kappa shape index (κ1) is 15.0. The summed E-state index contributed by atoms with van der Waals surface area (Å²) < 4.78 is 0. The van der Waals surface area contributed by atoms with E-state index < -0.39 is 18.0 Å². The Morgan fingerprint density at radius 2 is 2.14 bits per heavy atom. The van der Waals surface area contributed by atoms with Crippen molar-refractivity contribution in [3.05, 3.63) is 35.9 Å². The van der Waals surface area contributed by atoms with Gasteiger partial charge in [0.1, 0.15) is 0 Å². The van der Waals surface area contributed by atoms with Crippen molar-refractivity contribution in [1.29, 1.82) is 0 Å². The van der Waals surface area contributed by atoms with Crippen molar-refractivity contribution in [1.82, 2.24) is 5.32 Å². The van der Waals surface area contributed by atoms with E-state index in [2.05, 4.69) is 10.5 Å². The molecule has 0 spiro atoms. The van der Waals surface area contributed by atoms with Gasteiger partial charge >= 0.3 is 5.97 Å². The van der Waals surface area contributed by atoms with E-state index in [4.69, 9.17) is 9.94 Å². The number of carbonyl (C=O) groups excluding carboxylic acids is 1. The van der Waals surface area contributed by atoms with E-state index in [0.717, 1.165) is 11.3 Å². The maximum atomic E-state index is 12.0. The molecule has 0 aliphatic carbocycles. The van der Waals surface area contributed by atoms with Crippen LogP contribution in [0.2, 0.25) is 0 Å². The Balaban J connectivity index is 1.85. The molecule has 0 bridgehead atoms. The molecule has 0 saturated heterocycles. The average molecular weight is 290 g/mol. The zero-order valence-electron chi connectivity index (χ0n) is 11.8. The van der Waals surface area contributed by atoms with Gasteiger partial charge in [-0.25, -0.2) is 0 Å². The smallest absolute Gasteiger partial charge is 0.308 e. The van der Waals surface area contributed by atoms with Crippen molar-refractivity contribution in [2.24, 2.45) is 11.1 Å². The molecule has 1 amide bonds. The van der Waals surface area contributed by atoms with Gasteiger partial charge in [0.05, 0.1) is 11.6 Å². The molecule has 6 nitrogen and oxygen atoms in total. The second kappa shape index (κ2) is 6.88. The van der Waals surface area contributed by atoms with Crippen LogP contribution in [-0.4, -0.2) is 35.3 Å². The highest BCUT2D eigenvalue weighted by Crippen LogP contribution is 2.16. The summed E-state index contributed by atoms with van der Waals surface area (Å²) in [5.41, 5.74) is 1.64. The largest absolute Gasteiger partial charge is 0.481 e. The van der Waals surface area contributed by atoms with Crippen molar-refractivity contribution in [2.75, 3.05) is 6.54 Å². The highest BCUT2D eigenvalue weighted by atomic mass is 16.6. The number of hydrogen-bond donors (Lipinski definition) is 2. The van der Waals surface area contributed by atoms with E-state index in [1.54, 1.807) is 6.92 Å². The Morgan fingerprint density at radius 3 is 2.76 bits per heavy atom. The van der Waals surface area contributed by atoms with E-state index in [9.17, 15) is 9.59 Å². The van der Waals surface area contributed by atoms with E-state index in [0.29, 0.717) is 12.8 Å². The minimum Gasteiger partial charge on any atom is -0.481 e. The Morgan fingerprint density at radius 1 is 1.43 bits per heavy atom. The van der Waals surface area contributed by atoms with Crippen LogP contribution < -0.4 is 5.32 Å². The van der Waals surface area contributed by atoms with Gasteiger partial charge in [0, 0.05) is 13.0 Å². The number of nitrogens with zero attached hydrogens (tertiary/aromatic N) is 1. The molecule has 1 aliphatic heterocycles. The molecule has 0 radical (unpaired) electrons. The quantitative estimate of drug-likeness (QED) is 0.829. The first-order valence-corrected chi connectivity index (χ1v) is 6.90. The van der Waals surface area contributed by atoms with Gasteiger partial charge in [0.25, 0.3) is 5.91 Å². The maximum Gasteiger partial charge on any atom is 0.308 e. The summed E-state index contributed by atoms with van der Waals surface area (Å²) in [4.78, 5) is 28.0. The van der Waals surface area contributed by atoms with Gasteiger partial charge in [0.15, 0.2) is 0 Å². The summed E-state index contributed by atoms with van der Waals surface area (Å²) in [6.45, 7) is 1.87. The lowest BCUT2D eigenvalue weighted by Gasteiger charge is -2.13. The molecule has 0 saturated carbocycles. The lowest BCUT2D eigenvalue weighted by molar-refractivity contribution is -0.142. The fraction of sp³-hybridized carbons (Fsp3) is 0.400. The van der Waals surface area contributed by atoms with E-state index >= 15 is 0 Å². The van der Waals surface area contributed by atoms with Gasteiger partial charge in [-0.15, -0.1) is 0 Å². The number of nitrogens with one attached hydrogen (secondary N) is 1. The second-order valence-corrected chi connectivity index (χ2v) is 4.89. The van der Waals surface area contributed by atoms with Gasteiger partial charge in [-0.05, 0) is 12.0 Å². The highest BCUT2D eigenvalue weighted by molar-refractivity contribution is 6.04. The predicted molar refractivity (Wildman–Crippen MR) is 76.9 cm³/mol. The molecule has 2 atom stereocenters. The number of benzene rings is 1. The number of oxime groups is 1. The van der Waals surface area contributed by atoms with E-state index in [-0.39, 0.29) is 12.5 Å². The zero-order valence-corrected chi connectivity index (χ0v) is 11.8. The first-order valence-electron chi connectivity index (χ1n) is 6.90. The monoisotopic (exact) mass is 290 g/mol. The topological polar surface area (TPSA) is 88.0 Å². The summed E-state index contributed by atoms with van der Waals surface area (Å²) in [6.07, 6.45) is 0.165. The molecule has 112 valence electrons. The molecule has 1 aromatic rings. The van der Waals surface area contributed by atoms with Gasteiger partial charge in [-0.1, -0.05) is 42.4 Å².